The Morgan fingerprint density at radius 3 is 2.02 bits per heavy atom. The lowest BCUT2D eigenvalue weighted by Crippen LogP contribution is -2.43. The van der Waals surface area contributed by atoms with Crippen molar-refractivity contribution in [3.63, 3.8) is 0 Å². The fourth-order valence-electron chi connectivity index (χ4n) is 4.56. The molecule has 13 heteroatoms. The van der Waals surface area contributed by atoms with Gasteiger partial charge in [-0.15, -0.1) is 0 Å². The standard InChI is InChI=1S/C25H32N2O5S.C2HF3O2/c1-17-4-8-19(9-5-17)26-24(28)25(14-15-25)18-6-10-20(11-7-18)27-33(29,30)23-16-21(31-2)12-13-22(23)32-3;3-2(4,5)1(6)7/h6-7,10-13,16-17,19,27H,4-5,8-9,14-15H2,1-3H3,(H,26,28);(H,6,7). The van der Waals surface area contributed by atoms with E-state index in [2.05, 4.69) is 17.0 Å². The molecule has 4 rings (SSSR count). The number of halogens is 3. The third-order valence-electron chi connectivity index (χ3n) is 7.13. The van der Waals surface area contributed by atoms with Crippen LogP contribution in [-0.2, 0) is 25.0 Å². The van der Waals surface area contributed by atoms with Crippen LogP contribution in [0.1, 0.15) is 51.0 Å². The highest BCUT2D eigenvalue weighted by Crippen LogP contribution is 2.49. The van der Waals surface area contributed by atoms with Gasteiger partial charge in [0.2, 0.25) is 5.91 Å². The number of anilines is 1. The number of carbonyl (C=O) groups is 2. The SMILES string of the molecule is COc1ccc(OC)c(S(=O)(=O)Nc2ccc(C3(C(=O)NC4CCC(C)CC4)CC3)cc2)c1.O=C(O)C(F)(F)F. The number of alkyl halides is 3. The molecule has 2 aliphatic rings. The highest BCUT2D eigenvalue weighted by atomic mass is 32.2. The van der Waals surface area contributed by atoms with E-state index in [9.17, 15) is 26.4 Å². The van der Waals surface area contributed by atoms with Gasteiger partial charge < -0.3 is 19.9 Å². The van der Waals surface area contributed by atoms with Gasteiger partial charge in [-0.05, 0) is 74.3 Å². The van der Waals surface area contributed by atoms with Crippen LogP contribution in [0.2, 0.25) is 0 Å². The molecule has 2 aromatic carbocycles. The van der Waals surface area contributed by atoms with E-state index in [1.165, 1.54) is 20.3 Å². The first-order chi connectivity index (χ1) is 18.7. The van der Waals surface area contributed by atoms with E-state index in [4.69, 9.17) is 19.4 Å². The van der Waals surface area contributed by atoms with Crippen LogP contribution in [0, 0.1) is 5.92 Å². The van der Waals surface area contributed by atoms with Crippen molar-refractivity contribution in [2.75, 3.05) is 18.9 Å². The minimum atomic E-state index is -5.08. The largest absolute Gasteiger partial charge is 0.497 e. The van der Waals surface area contributed by atoms with Crippen LogP contribution in [0.25, 0.3) is 0 Å². The molecule has 0 bridgehead atoms. The summed E-state index contributed by atoms with van der Waals surface area (Å²) in [6, 6.07) is 12.0. The van der Waals surface area contributed by atoms with Gasteiger partial charge in [0, 0.05) is 17.8 Å². The Balaban J connectivity index is 0.000000559. The molecule has 9 nitrogen and oxygen atoms in total. The summed E-state index contributed by atoms with van der Waals surface area (Å²) in [5.41, 5.74) is 0.850. The van der Waals surface area contributed by atoms with Gasteiger partial charge in [-0.1, -0.05) is 19.1 Å². The summed E-state index contributed by atoms with van der Waals surface area (Å²) < 4.78 is 70.7. The molecule has 0 spiro atoms. The minimum Gasteiger partial charge on any atom is -0.497 e. The molecule has 0 aliphatic heterocycles. The molecule has 0 radical (unpaired) electrons. The van der Waals surface area contributed by atoms with Gasteiger partial charge in [-0.25, -0.2) is 13.2 Å². The number of carbonyl (C=O) groups excluding carboxylic acids is 1. The molecule has 0 atom stereocenters. The number of benzene rings is 2. The zero-order valence-electron chi connectivity index (χ0n) is 22.4. The lowest BCUT2D eigenvalue weighted by Gasteiger charge is -2.28. The van der Waals surface area contributed by atoms with Crippen molar-refractivity contribution in [3.05, 3.63) is 48.0 Å². The Morgan fingerprint density at radius 1 is 0.975 bits per heavy atom. The smallest absolute Gasteiger partial charge is 0.490 e. The van der Waals surface area contributed by atoms with E-state index in [0.717, 1.165) is 50.0 Å². The fourth-order valence-corrected chi connectivity index (χ4v) is 5.81. The number of ether oxygens (including phenoxy) is 2. The van der Waals surface area contributed by atoms with Crippen LogP contribution >= 0.6 is 0 Å². The summed E-state index contributed by atoms with van der Waals surface area (Å²) in [4.78, 5) is 21.9. The van der Waals surface area contributed by atoms with E-state index < -0.39 is 27.6 Å². The first-order valence-electron chi connectivity index (χ1n) is 12.7. The summed E-state index contributed by atoms with van der Waals surface area (Å²) in [5, 5.41) is 10.4. The zero-order chi connectivity index (χ0) is 29.7. The summed E-state index contributed by atoms with van der Waals surface area (Å²) in [6.07, 6.45) is 0.937. The predicted molar refractivity (Wildman–Crippen MR) is 141 cm³/mol. The molecule has 2 fully saturated rings. The molecule has 2 aliphatic carbocycles. The molecule has 0 heterocycles. The molecule has 0 unspecified atom stereocenters. The molecule has 1 amide bonds. The number of carboxylic acid groups (broad SMARTS) is 1. The van der Waals surface area contributed by atoms with Crippen LogP contribution in [0.3, 0.4) is 0 Å². The predicted octanol–water partition coefficient (Wildman–Crippen LogP) is 4.86. The maximum atomic E-state index is 13.1. The number of hydrogen-bond donors (Lipinski definition) is 3. The third kappa shape index (κ3) is 7.58. The van der Waals surface area contributed by atoms with E-state index >= 15 is 0 Å². The van der Waals surface area contributed by atoms with Crippen LogP contribution in [-0.4, -0.2) is 51.8 Å². The second-order valence-corrected chi connectivity index (χ2v) is 11.7. The van der Waals surface area contributed by atoms with Crippen molar-refractivity contribution in [2.24, 2.45) is 5.92 Å². The number of sulfonamides is 1. The van der Waals surface area contributed by atoms with Crippen molar-refractivity contribution < 1.29 is 45.8 Å². The monoisotopic (exact) mass is 586 g/mol. The Labute approximate surface area is 231 Å². The lowest BCUT2D eigenvalue weighted by molar-refractivity contribution is -0.192. The molecular formula is C27H33F3N2O7S. The third-order valence-corrected chi connectivity index (χ3v) is 8.53. The van der Waals surface area contributed by atoms with Crippen LogP contribution < -0.4 is 19.5 Å². The Hall–Kier alpha value is -3.48. The van der Waals surface area contributed by atoms with E-state index in [-0.39, 0.29) is 22.6 Å². The van der Waals surface area contributed by atoms with Crippen molar-refractivity contribution >= 4 is 27.6 Å². The van der Waals surface area contributed by atoms with E-state index in [1.807, 2.05) is 12.1 Å². The number of methoxy groups -OCH3 is 2. The van der Waals surface area contributed by atoms with Crippen LogP contribution in [0.15, 0.2) is 47.4 Å². The molecule has 2 saturated carbocycles. The van der Waals surface area contributed by atoms with Crippen LogP contribution in [0.5, 0.6) is 11.5 Å². The van der Waals surface area contributed by atoms with E-state index in [1.54, 1.807) is 24.3 Å². The van der Waals surface area contributed by atoms with Gasteiger partial charge in [0.05, 0.1) is 19.6 Å². The van der Waals surface area contributed by atoms with Gasteiger partial charge in [0.1, 0.15) is 16.4 Å². The quantitative estimate of drug-likeness (QED) is 0.403. The number of amides is 1. The summed E-state index contributed by atoms with van der Waals surface area (Å²) in [7, 11) is -1.00. The first kappa shape index (κ1) is 31.1. The average molecular weight is 587 g/mol. The van der Waals surface area contributed by atoms with Crippen molar-refractivity contribution in [3.8, 4) is 11.5 Å². The minimum absolute atomic E-state index is 0.00623. The highest BCUT2D eigenvalue weighted by Gasteiger charge is 2.51. The topological polar surface area (TPSA) is 131 Å². The average Bonchev–Trinajstić information content (AvgIpc) is 3.72. The maximum absolute atomic E-state index is 13.1. The molecule has 3 N–H and O–H groups in total. The summed E-state index contributed by atoms with van der Waals surface area (Å²) in [5.74, 6) is -1.28. The Morgan fingerprint density at radius 2 is 1.55 bits per heavy atom. The van der Waals surface area contributed by atoms with Crippen molar-refractivity contribution in [1.29, 1.82) is 0 Å². The molecule has 220 valence electrons. The van der Waals surface area contributed by atoms with Crippen LogP contribution in [0.4, 0.5) is 18.9 Å². The highest BCUT2D eigenvalue weighted by molar-refractivity contribution is 7.92. The fraction of sp³-hybridized carbons (Fsp3) is 0.481. The Bertz CT molecular complexity index is 1300. The normalized spacial score (nSPS) is 19.9. The van der Waals surface area contributed by atoms with Gasteiger partial charge in [-0.3, -0.25) is 9.52 Å². The molecule has 0 saturated heterocycles. The number of aliphatic carboxylic acids is 1. The molecule has 40 heavy (non-hydrogen) atoms. The van der Waals surface area contributed by atoms with Crippen molar-refractivity contribution in [2.45, 2.75) is 68.0 Å². The molecule has 2 aromatic rings. The number of rotatable bonds is 8. The molecule has 0 aromatic heterocycles. The second-order valence-electron chi connectivity index (χ2n) is 10.0. The number of nitrogens with one attached hydrogen (secondary N) is 2. The van der Waals surface area contributed by atoms with Gasteiger partial charge in [-0.2, -0.15) is 13.2 Å². The van der Waals surface area contributed by atoms with Crippen molar-refractivity contribution in [1.82, 2.24) is 5.32 Å². The first-order valence-corrected chi connectivity index (χ1v) is 14.2. The summed E-state index contributed by atoms with van der Waals surface area (Å²) in [6.45, 7) is 2.26. The Kier molecular flexibility index (Phi) is 9.60. The van der Waals surface area contributed by atoms with E-state index in [0.29, 0.717) is 11.4 Å². The zero-order valence-corrected chi connectivity index (χ0v) is 23.2. The number of carboxylic acids is 1. The lowest BCUT2D eigenvalue weighted by atomic mass is 9.86. The maximum Gasteiger partial charge on any atom is 0.490 e. The number of hydrogen-bond acceptors (Lipinski definition) is 6. The summed E-state index contributed by atoms with van der Waals surface area (Å²) >= 11 is 0. The molecular weight excluding hydrogens is 553 g/mol. The van der Waals surface area contributed by atoms with Gasteiger partial charge in [0.25, 0.3) is 10.0 Å². The van der Waals surface area contributed by atoms with Gasteiger partial charge >= 0.3 is 12.1 Å². The van der Waals surface area contributed by atoms with Gasteiger partial charge in [0.15, 0.2) is 0 Å². The second kappa shape index (κ2) is 12.4.